The highest BCUT2D eigenvalue weighted by atomic mass is 32.1. The van der Waals surface area contributed by atoms with Crippen molar-refractivity contribution in [2.24, 2.45) is 0 Å². The molecule has 0 fully saturated rings. The summed E-state index contributed by atoms with van der Waals surface area (Å²) >= 11 is 1.83. The zero-order valence-electron chi connectivity index (χ0n) is 12.1. The van der Waals surface area contributed by atoms with Crippen molar-refractivity contribution in [1.82, 2.24) is 15.0 Å². The van der Waals surface area contributed by atoms with Crippen LogP contribution in [-0.4, -0.2) is 29.0 Å². The molecule has 0 spiro atoms. The summed E-state index contributed by atoms with van der Waals surface area (Å²) in [7, 11) is 4.10. The van der Waals surface area contributed by atoms with E-state index in [1.807, 2.05) is 43.8 Å². The fraction of sp³-hybridized carbons (Fsp3) is 0.312. The number of thiophene rings is 1. The minimum Gasteiger partial charge on any atom is -0.362 e. The molecule has 0 radical (unpaired) electrons. The van der Waals surface area contributed by atoms with Crippen LogP contribution < -0.4 is 4.90 Å². The Morgan fingerprint density at radius 2 is 2.10 bits per heavy atom. The van der Waals surface area contributed by atoms with Crippen LogP contribution in [0.3, 0.4) is 0 Å². The van der Waals surface area contributed by atoms with Crippen LogP contribution in [0.1, 0.15) is 16.9 Å². The van der Waals surface area contributed by atoms with Gasteiger partial charge in [-0.25, -0.2) is 9.97 Å². The smallest absolute Gasteiger partial charge is 0.164 e. The van der Waals surface area contributed by atoms with Crippen molar-refractivity contribution >= 4 is 27.4 Å². The van der Waals surface area contributed by atoms with Crippen LogP contribution in [0.15, 0.2) is 24.5 Å². The van der Waals surface area contributed by atoms with E-state index in [-0.39, 0.29) is 0 Å². The predicted molar refractivity (Wildman–Crippen MR) is 87.0 cm³/mol. The SMILES string of the molecule is CN(C)c1nc(-c2cccnc2)nc2sc3c(c12)CCC3. The summed E-state index contributed by atoms with van der Waals surface area (Å²) in [6.07, 6.45) is 7.20. The van der Waals surface area contributed by atoms with E-state index in [9.17, 15) is 0 Å². The first kappa shape index (κ1) is 12.7. The van der Waals surface area contributed by atoms with Crippen molar-refractivity contribution in [1.29, 1.82) is 0 Å². The Morgan fingerprint density at radius 3 is 2.86 bits per heavy atom. The van der Waals surface area contributed by atoms with Gasteiger partial charge < -0.3 is 4.90 Å². The third kappa shape index (κ3) is 2.00. The summed E-state index contributed by atoms with van der Waals surface area (Å²) in [6, 6.07) is 3.93. The molecule has 3 heterocycles. The first-order valence-corrected chi connectivity index (χ1v) is 7.95. The standard InChI is InChI=1S/C16H16N4S/c1-20(2)15-13-11-6-3-7-12(11)21-16(13)19-14(18-15)10-5-4-8-17-9-10/h4-5,8-9H,3,6-7H2,1-2H3. The molecule has 1 aliphatic rings. The Bertz CT molecular complexity index is 808. The van der Waals surface area contributed by atoms with Crippen molar-refractivity contribution < 1.29 is 0 Å². The lowest BCUT2D eigenvalue weighted by Crippen LogP contribution is -2.12. The quantitative estimate of drug-likeness (QED) is 0.727. The summed E-state index contributed by atoms with van der Waals surface area (Å²) in [4.78, 5) is 18.5. The van der Waals surface area contributed by atoms with Crippen LogP contribution in [0.25, 0.3) is 21.6 Å². The molecule has 0 N–H and O–H groups in total. The van der Waals surface area contributed by atoms with Gasteiger partial charge in [-0.05, 0) is 37.0 Å². The Labute approximate surface area is 127 Å². The average Bonchev–Trinajstić information content (AvgIpc) is 3.07. The van der Waals surface area contributed by atoms with E-state index in [0.29, 0.717) is 0 Å². The molecular weight excluding hydrogens is 280 g/mol. The van der Waals surface area contributed by atoms with E-state index in [1.54, 1.807) is 6.20 Å². The molecule has 0 bridgehead atoms. The lowest BCUT2D eigenvalue weighted by Gasteiger charge is -2.14. The maximum absolute atomic E-state index is 4.80. The highest BCUT2D eigenvalue weighted by Gasteiger charge is 2.23. The van der Waals surface area contributed by atoms with Crippen LogP contribution in [0.4, 0.5) is 5.82 Å². The molecule has 3 aromatic rings. The Balaban J connectivity index is 2.00. The Kier molecular flexibility index (Phi) is 2.89. The topological polar surface area (TPSA) is 41.9 Å². The maximum atomic E-state index is 4.80. The zero-order chi connectivity index (χ0) is 14.4. The number of nitrogens with zero attached hydrogens (tertiary/aromatic N) is 4. The molecule has 0 saturated heterocycles. The van der Waals surface area contributed by atoms with E-state index in [1.165, 1.54) is 28.7 Å². The van der Waals surface area contributed by atoms with Crippen LogP contribution >= 0.6 is 11.3 Å². The third-order valence-electron chi connectivity index (χ3n) is 3.89. The minimum absolute atomic E-state index is 0.763. The van der Waals surface area contributed by atoms with E-state index >= 15 is 0 Å². The van der Waals surface area contributed by atoms with Crippen LogP contribution in [0.5, 0.6) is 0 Å². The first-order valence-electron chi connectivity index (χ1n) is 7.14. The zero-order valence-corrected chi connectivity index (χ0v) is 12.9. The molecule has 0 aromatic carbocycles. The molecule has 0 unspecified atom stereocenters. The largest absolute Gasteiger partial charge is 0.362 e. The summed E-state index contributed by atoms with van der Waals surface area (Å²) in [5.74, 6) is 1.79. The van der Waals surface area contributed by atoms with Crippen LogP contribution in [-0.2, 0) is 12.8 Å². The van der Waals surface area contributed by atoms with Gasteiger partial charge in [0.1, 0.15) is 10.6 Å². The number of rotatable bonds is 2. The number of hydrogen-bond acceptors (Lipinski definition) is 5. The number of hydrogen-bond donors (Lipinski definition) is 0. The first-order chi connectivity index (χ1) is 10.2. The number of fused-ring (bicyclic) bond motifs is 3. The fourth-order valence-electron chi connectivity index (χ4n) is 2.92. The fourth-order valence-corrected chi connectivity index (χ4v) is 4.18. The van der Waals surface area contributed by atoms with Gasteiger partial charge in [0, 0.05) is 36.9 Å². The summed E-state index contributed by atoms with van der Waals surface area (Å²) in [5.41, 5.74) is 2.44. The van der Waals surface area contributed by atoms with Gasteiger partial charge in [0.25, 0.3) is 0 Å². The lowest BCUT2D eigenvalue weighted by atomic mass is 10.1. The molecule has 106 valence electrons. The maximum Gasteiger partial charge on any atom is 0.164 e. The van der Waals surface area contributed by atoms with Crippen molar-refractivity contribution in [3.8, 4) is 11.4 Å². The van der Waals surface area contributed by atoms with E-state index < -0.39 is 0 Å². The molecule has 0 amide bonds. The molecule has 21 heavy (non-hydrogen) atoms. The van der Waals surface area contributed by atoms with Gasteiger partial charge in [-0.3, -0.25) is 4.98 Å². The van der Waals surface area contributed by atoms with E-state index in [4.69, 9.17) is 9.97 Å². The van der Waals surface area contributed by atoms with Gasteiger partial charge in [-0.15, -0.1) is 11.3 Å². The molecule has 0 saturated carbocycles. The number of aryl methyl sites for hydroxylation is 2. The number of pyridine rings is 1. The summed E-state index contributed by atoms with van der Waals surface area (Å²) in [5, 5.41) is 1.25. The molecule has 4 rings (SSSR count). The van der Waals surface area contributed by atoms with Crippen molar-refractivity contribution in [2.75, 3.05) is 19.0 Å². The molecule has 5 heteroatoms. The second-order valence-electron chi connectivity index (χ2n) is 5.54. The highest BCUT2D eigenvalue weighted by molar-refractivity contribution is 7.19. The third-order valence-corrected chi connectivity index (χ3v) is 5.07. The number of anilines is 1. The molecular formula is C16H16N4S. The average molecular weight is 296 g/mol. The Morgan fingerprint density at radius 1 is 1.19 bits per heavy atom. The van der Waals surface area contributed by atoms with Gasteiger partial charge >= 0.3 is 0 Å². The summed E-state index contributed by atoms with van der Waals surface area (Å²) < 4.78 is 0. The van der Waals surface area contributed by atoms with Crippen LogP contribution in [0.2, 0.25) is 0 Å². The van der Waals surface area contributed by atoms with Gasteiger partial charge in [-0.2, -0.15) is 0 Å². The van der Waals surface area contributed by atoms with E-state index in [2.05, 4.69) is 9.88 Å². The summed E-state index contributed by atoms with van der Waals surface area (Å²) in [6.45, 7) is 0. The second-order valence-corrected chi connectivity index (χ2v) is 6.63. The molecule has 4 nitrogen and oxygen atoms in total. The van der Waals surface area contributed by atoms with Crippen molar-refractivity contribution in [3.63, 3.8) is 0 Å². The molecule has 3 aromatic heterocycles. The van der Waals surface area contributed by atoms with Crippen molar-refractivity contribution in [2.45, 2.75) is 19.3 Å². The van der Waals surface area contributed by atoms with Gasteiger partial charge in [-0.1, -0.05) is 0 Å². The van der Waals surface area contributed by atoms with Crippen molar-refractivity contribution in [3.05, 3.63) is 35.0 Å². The van der Waals surface area contributed by atoms with E-state index in [0.717, 1.165) is 28.5 Å². The number of aromatic nitrogens is 3. The lowest BCUT2D eigenvalue weighted by molar-refractivity contribution is 0.916. The van der Waals surface area contributed by atoms with Crippen LogP contribution in [0, 0.1) is 0 Å². The van der Waals surface area contributed by atoms with Gasteiger partial charge in [0.2, 0.25) is 0 Å². The van der Waals surface area contributed by atoms with Gasteiger partial charge in [0.15, 0.2) is 5.82 Å². The molecule has 1 aliphatic carbocycles. The Hall–Kier alpha value is -2.01. The van der Waals surface area contributed by atoms with Gasteiger partial charge in [0.05, 0.1) is 5.39 Å². The predicted octanol–water partition coefficient (Wildman–Crippen LogP) is 3.31. The highest BCUT2D eigenvalue weighted by Crippen LogP contribution is 2.40. The second kappa shape index (κ2) is 4.77. The molecule has 0 aliphatic heterocycles. The monoisotopic (exact) mass is 296 g/mol. The molecule has 0 atom stereocenters. The minimum atomic E-state index is 0.763. The normalized spacial score (nSPS) is 13.6.